The topological polar surface area (TPSA) is 32.3 Å². The normalized spacial score (nSPS) is 19.1. The fourth-order valence-corrected chi connectivity index (χ4v) is 2.21. The van der Waals surface area contributed by atoms with Crippen LogP contribution in [0.25, 0.3) is 0 Å². The molecule has 0 aromatic rings. The second-order valence-corrected chi connectivity index (χ2v) is 4.71. The lowest BCUT2D eigenvalue weighted by Gasteiger charge is -2.32. The Balaban J connectivity index is 2.36. The molecular formula is C15H24N2O. The smallest absolute Gasteiger partial charge is 0.217 e. The molecule has 3 heteroatoms. The molecule has 1 aliphatic rings. The largest absolute Gasteiger partial charge is 0.354 e. The predicted molar refractivity (Wildman–Crippen MR) is 76.4 cm³/mol. The van der Waals surface area contributed by atoms with Gasteiger partial charge in [0.1, 0.15) is 0 Å². The number of amides is 1. The van der Waals surface area contributed by atoms with E-state index in [0.29, 0.717) is 6.04 Å². The van der Waals surface area contributed by atoms with E-state index in [9.17, 15) is 4.79 Å². The lowest BCUT2D eigenvalue weighted by atomic mass is 10.0. The first-order valence-electron chi connectivity index (χ1n) is 6.59. The Bertz CT molecular complexity index is 336. The molecule has 1 heterocycles. The fraction of sp³-hybridized carbons (Fsp3) is 0.533. The monoisotopic (exact) mass is 248 g/mol. The first-order chi connectivity index (χ1) is 8.65. The minimum Gasteiger partial charge on any atom is -0.354 e. The summed E-state index contributed by atoms with van der Waals surface area (Å²) in [7, 11) is 0. The highest BCUT2D eigenvalue weighted by Gasteiger charge is 2.19. The number of piperidine rings is 1. The van der Waals surface area contributed by atoms with Crippen molar-refractivity contribution in [2.24, 2.45) is 0 Å². The second-order valence-electron chi connectivity index (χ2n) is 4.71. The molecule has 1 N–H and O–H groups in total. The third-order valence-corrected chi connectivity index (χ3v) is 3.22. The van der Waals surface area contributed by atoms with Crippen LogP contribution in [0, 0.1) is 0 Å². The van der Waals surface area contributed by atoms with E-state index in [0.717, 1.165) is 32.5 Å². The number of nitrogens with one attached hydrogen (secondary N) is 1. The summed E-state index contributed by atoms with van der Waals surface area (Å²) in [6, 6.07) is 0.358. The molecule has 0 spiro atoms. The maximum atomic E-state index is 11.0. The van der Waals surface area contributed by atoms with Gasteiger partial charge in [-0.1, -0.05) is 30.9 Å². The molecule has 3 nitrogen and oxygen atoms in total. The molecule has 1 fully saturated rings. The zero-order valence-electron chi connectivity index (χ0n) is 11.5. The quantitative estimate of drug-likeness (QED) is 0.757. The van der Waals surface area contributed by atoms with Gasteiger partial charge in [0.2, 0.25) is 5.91 Å². The summed E-state index contributed by atoms with van der Waals surface area (Å²) in [5, 5.41) is 3.00. The summed E-state index contributed by atoms with van der Waals surface area (Å²) in [4.78, 5) is 13.4. The van der Waals surface area contributed by atoms with E-state index in [2.05, 4.69) is 35.9 Å². The first kappa shape index (κ1) is 14.7. The van der Waals surface area contributed by atoms with Crippen LogP contribution in [-0.2, 0) is 4.79 Å². The van der Waals surface area contributed by atoms with Gasteiger partial charge < -0.3 is 5.32 Å². The predicted octanol–water partition coefficient (Wildman–Crippen LogP) is 2.28. The van der Waals surface area contributed by atoms with Gasteiger partial charge in [-0.15, -0.1) is 0 Å². The highest BCUT2D eigenvalue weighted by molar-refractivity contribution is 5.73. The molecule has 0 aromatic heterocycles. The summed E-state index contributed by atoms with van der Waals surface area (Å²) in [6.45, 7) is 10.4. The first-order valence-corrected chi connectivity index (χ1v) is 6.59. The summed E-state index contributed by atoms with van der Waals surface area (Å²) >= 11 is 0. The number of hydrogen-bond acceptors (Lipinski definition) is 2. The minimum atomic E-state index is 0.0801. The van der Waals surface area contributed by atoms with Crippen LogP contribution < -0.4 is 5.32 Å². The van der Waals surface area contributed by atoms with E-state index in [1.807, 2.05) is 6.08 Å². The molecule has 0 aliphatic carbocycles. The van der Waals surface area contributed by atoms with E-state index in [4.69, 9.17) is 0 Å². The van der Waals surface area contributed by atoms with Crippen molar-refractivity contribution in [3.8, 4) is 0 Å². The molecule has 100 valence electrons. The summed E-state index contributed by atoms with van der Waals surface area (Å²) in [5.41, 5.74) is 1.31. The Morgan fingerprint density at radius 1 is 1.44 bits per heavy atom. The molecule has 0 bridgehead atoms. The highest BCUT2D eigenvalue weighted by Crippen LogP contribution is 2.12. The number of carbonyl (C=O) groups excluding carboxylic acids is 1. The van der Waals surface area contributed by atoms with Crippen molar-refractivity contribution in [2.75, 3.05) is 19.6 Å². The van der Waals surface area contributed by atoms with Crippen LogP contribution in [0.2, 0.25) is 0 Å². The second kappa shape index (κ2) is 7.88. The van der Waals surface area contributed by atoms with E-state index in [1.54, 1.807) is 13.0 Å². The molecule has 0 aromatic carbocycles. The Hall–Kier alpha value is -1.35. The number of carbonyl (C=O) groups is 1. The summed E-state index contributed by atoms with van der Waals surface area (Å²) in [6.07, 6.45) is 10.1. The van der Waals surface area contributed by atoms with E-state index < -0.39 is 0 Å². The molecule has 0 radical (unpaired) electrons. The molecule has 18 heavy (non-hydrogen) atoms. The van der Waals surface area contributed by atoms with Crippen molar-refractivity contribution in [3.05, 3.63) is 36.5 Å². The van der Waals surface area contributed by atoms with E-state index in [-0.39, 0.29) is 5.91 Å². The van der Waals surface area contributed by atoms with Gasteiger partial charge in [-0.2, -0.15) is 0 Å². The average molecular weight is 248 g/mol. The third kappa shape index (κ3) is 5.32. The van der Waals surface area contributed by atoms with E-state index in [1.165, 1.54) is 5.57 Å². The molecule has 0 saturated carbocycles. The Morgan fingerprint density at radius 2 is 2.11 bits per heavy atom. The maximum Gasteiger partial charge on any atom is 0.217 e. The number of nitrogens with zero attached hydrogens (tertiary/aromatic N) is 1. The van der Waals surface area contributed by atoms with Gasteiger partial charge in [-0.05, 0) is 25.3 Å². The molecule has 1 saturated heterocycles. The van der Waals surface area contributed by atoms with Gasteiger partial charge in [0.05, 0.1) is 0 Å². The highest BCUT2D eigenvalue weighted by atomic mass is 16.1. The lowest BCUT2D eigenvalue weighted by Crippen LogP contribution is -2.44. The minimum absolute atomic E-state index is 0.0801. The molecule has 1 aliphatic heterocycles. The van der Waals surface area contributed by atoms with Crippen molar-refractivity contribution >= 4 is 5.91 Å². The van der Waals surface area contributed by atoms with Crippen LogP contribution in [0.5, 0.6) is 0 Å². The van der Waals surface area contributed by atoms with Crippen molar-refractivity contribution in [1.82, 2.24) is 10.2 Å². The standard InChI is InChI=1S/C15H24N2O/c1-4-6-7-14(5-2)12-17-10-8-15(9-11-17)16-13(3)18/h4-7,15H,1,8-12H2,2-3H3,(H,16,18)/b7-6-,14-5+. The number of allylic oxidation sites excluding steroid dienone is 3. The van der Waals surface area contributed by atoms with Gasteiger partial charge in [0.25, 0.3) is 0 Å². The zero-order valence-corrected chi connectivity index (χ0v) is 11.5. The average Bonchev–Trinajstić information content (AvgIpc) is 2.36. The molecule has 1 amide bonds. The third-order valence-electron chi connectivity index (χ3n) is 3.22. The molecular weight excluding hydrogens is 224 g/mol. The van der Waals surface area contributed by atoms with Crippen molar-refractivity contribution in [1.29, 1.82) is 0 Å². The number of rotatable bonds is 5. The van der Waals surface area contributed by atoms with Crippen LogP contribution in [0.4, 0.5) is 0 Å². The summed E-state index contributed by atoms with van der Waals surface area (Å²) in [5.74, 6) is 0.0801. The van der Waals surface area contributed by atoms with Crippen LogP contribution in [0.3, 0.4) is 0 Å². The number of hydrogen-bond donors (Lipinski definition) is 1. The van der Waals surface area contributed by atoms with Gasteiger partial charge in [0, 0.05) is 32.6 Å². The van der Waals surface area contributed by atoms with Crippen LogP contribution in [0.15, 0.2) is 36.5 Å². The van der Waals surface area contributed by atoms with Crippen molar-refractivity contribution in [3.63, 3.8) is 0 Å². The van der Waals surface area contributed by atoms with Crippen LogP contribution in [-0.4, -0.2) is 36.5 Å². The fourth-order valence-electron chi connectivity index (χ4n) is 2.21. The maximum absolute atomic E-state index is 11.0. The SMILES string of the molecule is C=C/C=C\C(=C/C)CN1CCC(NC(C)=O)CC1. The van der Waals surface area contributed by atoms with Crippen LogP contribution >= 0.6 is 0 Å². The Kier molecular flexibility index (Phi) is 6.44. The molecule has 0 atom stereocenters. The zero-order chi connectivity index (χ0) is 13.4. The van der Waals surface area contributed by atoms with Gasteiger partial charge in [-0.3, -0.25) is 9.69 Å². The summed E-state index contributed by atoms with van der Waals surface area (Å²) < 4.78 is 0. The Morgan fingerprint density at radius 3 is 2.61 bits per heavy atom. The van der Waals surface area contributed by atoms with E-state index >= 15 is 0 Å². The van der Waals surface area contributed by atoms with Gasteiger partial charge >= 0.3 is 0 Å². The molecule has 1 rings (SSSR count). The van der Waals surface area contributed by atoms with Gasteiger partial charge in [-0.25, -0.2) is 0 Å². The van der Waals surface area contributed by atoms with Crippen molar-refractivity contribution < 1.29 is 4.79 Å². The number of likely N-dealkylation sites (tertiary alicyclic amines) is 1. The van der Waals surface area contributed by atoms with Gasteiger partial charge in [0.15, 0.2) is 0 Å². The Labute approximate surface area is 110 Å². The van der Waals surface area contributed by atoms with Crippen molar-refractivity contribution in [2.45, 2.75) is 32.7 Å². The van der Waals surface area contributed by atoms with Crippen LogP contribution in [0.1, 0.15) is 26.7 Å². The lowest BCUT2D eigenvalue weighted by molar-refractivity contribution is -0.119. The molecule has 0 unspecified atom stereocenters.